The van der Waals surface area contributed by atoms with E-state index in [1.54, 1.807) is 17.1 Å². The lowest BCUT2D eigenvalue weighted by Gasteiger charge is -2.02. The number of fused-ring (bicyclic) bond motifs is 1. The number of aliphatic imine (C=N–C) groups is 1. The van der Waals surface area contributed by atoms with Crippen LogP contribution < -0.4 is 0 Å². The molecule has 0 saturated carbocycles. The van der Waals surface area contributed by atoms with Crippen molar-refractivity contribution in [3.8, 4) is 0 Å². The van der Waals surface area contributed by atoms with E-state index >= 15 is 0 Å². The third kappa shape index (κ3) is 0.790. The molecule has 56 valence electrons. The topological polar surface area (TPSA) is 47.2 Å². The lowest BCUT2D eigenvalue weighted by molar-refractivity contribution is 0.0996. The van der Waals surface area contributed by atoms with Crippen molar-refractivity contribution in [3.63, 3.8) is 0 Å². The monoisotopic (exact) mass is 149 g/mol. The van der Waals surface area contributed by atoms with Gasteiger partial charge in [0.05, 0.1) is 6.33 Å². The van der Waals surface area contributed by atoms with E-state index in [2.05, 4.69) is 9.98 Å². The zero-order valence-corrected chi connectivity index (χ0v) is 6.11. The third-order valence-electron chi connectivity index (χ3n) is 1.66. The third-order valence-corrected chi connectivity index (χ3v) is 1.66. The molecule has 0 bridgehead atoms. The minimum atomic E-state index is 0.0515. The first kappa shape index (κ1) is 6.27. The first-order chi connectivity index (χ1) is 5.29. The number of hydrogen-bond donors (Lipinski definition) is 0. The minimum Gasteiger partial charge on any atom is -0.318 e. The van der Waals surface area contributed by atoms with E-state index in [1.165, 1.54) is 0 Å². The summed E-state index contributed by atoms with van der Waals surface area (Å²) in [7, 11) is 1.82. The number of carbonyl (C=O) groups is 1. The average Bonchev–Trinajstić information content (AvgIpc) is 2.35. The molecule has 1 aliphatic heterocycles. The molecular weight excluding hydrogens is 142 g/mol. The normalized spacial score (nSPS) is 15.2. The molecule has 1 aliphatic rings. The van der Waals surface area contributed by atoms with Crippen molar-refractivity contribution < 1.29 is 4.79 Å². The van der Waals surface area contributed by atoms with E-state index in [1.807, 2.05) is 7.05 Å². The zero-order valence-electron chi connectivity index (χ0n) is 6.11. The highest BCUT2D eigenvalue weighted by molar-refractivity contribution is 6.08. The Morgan fingerprint density at radius 1 is 1.64 bits per heavy atom. The van der Waals surface area contributed by atoms with Crippen molar-refractivity contribution >= 4 is 17.8 Å². The first-order valence-corrected chi connectivity index (χ1v) is 3.36. The highest BCUT2D eigenvalue weighted by Crippen LogP contribution is 2.20. The number of hydrogen-bond acceptors (Lipinski definition) is 3. The quantitative estimate of drug-likeness (QED) is 0.545. The molecule has 0 unspecified atom stereocenters. The number of nitrogens with zero attached hydrogens (tertiary/aromatic N) is 3. The summed E-state index contributed by atoms with van der Waals surface area (Å²) in [5.74, 6) is 0.719. The molecule has 0 aliphatic carbocycles. The molecular formula is C7H7N3O. The van der Waals surface area contributed by atoms with Gasteiger partial charge in [0.15, 0.2) is 17.3 Å². The van der Waals surface area contributed by atoms with Gasteiger partial charge in [0.2, 0.25) is 0 Å². The smallest absolute Gasteiger partial charge is 0.190 e. The number of aryl methyl sites for hydroxylation is 1. The summed E-state index contributed by atoms with van der Waals surface area (Å²) >= 11 is 0. The number of ketones is 1. The predicted octanol–water partition coefficient (Wildman–Crippen LogP) is 0.709. The van der Waals surface area contributed by atoms with E-state index < -0.39 is 0 Å². The van der Waals surface area contributed by atoms with E-state index in [0.717, 1.165) is 0 Å². The Labute approximate surface area is 63.6 Å². The SMILES string of the molecule is Cn1cnc2c1N=CCC2=O. The Morgan fingerprint density at radius 2 is 2.45 bits per heavy atom. The van der Waals surface area contributed by atoms with Gasteiger partial charge in [0.1, 0.15) is 0 Å². The fourth-order valence-electron chi connectivity index (χ4n) is 1.08. The molecule has 2 rings (SSSR count). The molecule has 11 heavy (non-hydrogen) atoms. The van der Waals surface area contributed by atoms with Crippen LogP contribution in [0.25, 0.3) is 0 Å². The summed E-state index contributed by atoms with van der Waals surface area (Å²) in [5, 5.41) is 0. The lowest BCUT2D eigenvalue weighted by Crippen LogP contribution is -2.05. The molecule has 1 aromatic rings. The fraction of sp³-hybridized carbons (Fsp3) is 0.286. The molecule has 0 aromatic carbocycles. The van der Waals surface area contributed by atoms with Crippen LogP contribution in [0.1, 0.15) is 16.9 Å². The Morgan fingerprint density at radius 3 is 3.18 bits per heavy atom. The van der Waals surface area contributed by atoms with E-state index in [0.29, 0.717) is 17.9 Å². The summed E-state index contributed by atoms with van der Waals surface area (Å²) in [6.07, 6.45) is 3.60. The van der Waals surface area contributed by atoms with Gasteiger partial charge >= 0.3 is 0 Å². The van der Waals surface area contributed by atoms with Crippen LogP contribution in [0.3, 0.4) is 0 Å². The standard InChI is InChI=1S/C7H7N3O/c1-10-4-9-6-5(11)2-3-8-7(6)10/h3-4H,2H2,1H3. The van der Waals surface area contributed by atoms with Gasteiger partial charge in [-0.3, -0.25) is 4.79 Å². The minimum absolute atomic E-state index is 0.0515. The van der Waals surface area contributed by atoms with Crippen LogP contribution in [0.2, 0.25) is 0 Å². The van der Waals surface area contributed by atoms with Crippen molar-refractivity contribution in [2.24, 2.45) is 12.0 Å². The molecule has 0 spiro atoms. The molecule has 0 N–H and O–H groups in total. The van der Waals surface area contributed by atoms with Gasteiger partial charge in [-0.05, 0) is 0 Å². The number of Topliss-reactive ketones (excluding diaryl/α,β-unsaturated/α-hetero) is 1. The van der Waals surface area contributed by atoms with Crippen LogP contribution >= 0.6 is 0 Å². The number of imidazole rings is 1. The second-order valence-corrected chi connectivity index (χ2v) is 2.47. The Balaban J connectivity index is 2.66. The molecule has 0 fully saturated rings. The van der Waals surface area contributed by atoms with Crippen LogP contribution in [-0.4, -0.2) is 21.5 Å². The molecule has 1 aromatic heterocycles. The van der Waals surface area contributed by atoms with Gasteiger partial charge in [-0.15, -0.1) is 0 Å². The van der Waals surface area contributed by atoms with Crippen molar-refractivity contribution in [2.75, 3.05) is 0 Å². The predicted molar refractivity (Wildman–Crippen MR) is 40.3 cm³/mol. The maximum Gasteiger partial charge on any atom is 0.190 e. The van der Waals surface area contributed by atoms with Crippen LogP contribution in [0.5, 0.6) is 0 Å². The van der Waals surface area contributed by atoms with Crippen molar-refractivity contribution in [1.29, 1.82) is 0 Å². The molecule has 0 radical (unpaired) electrons. The van der Waals surface area contributed by atoms with Gasteiger partial charge in [-0.2, -0.15) is 0 Å². The van der Waals surface area contributed by atoms with Crippen molar-refractivity contribution in [1.82, 2.24) is 9.55 Å². The van der Waals surface area contributed by atoms with Crippen LogP contribution in [-0.2, 0) is 7.05 Å². The largest absolute Gasteiger partial charge is 0.318 e. The number of carbonyl (C=O) groups excluding carboxylic acids is 1. The highest BCUT2D eigenvalue weighted by atomic mass is 16.1. The van der Waals surface area contributed by atoms with Crippen LogP contribution in [0, 0.1) is 0 Å². The molecule has 0 atom stereocenters. The van der Waals surface area contributed by atoms with Gasteiger partial charge in [-0.25, -0.2) is 9.98 Å². The van der Waals surface area contributed by atoms with Crippen LogP contribution in [0.4, 0.5) is 5.82 Å². The van der Waals surface area contributed by atoms with Crippen molar-refractivity contribution in [2.45, 2.75) is 6.42 Å². The van der Waals surface area contributed by atoms with Gasteiger partial charge in [-0.1, -0.05) is 0 Å². The number of aromatic nitrogens is 2. The molecule has 0 saturated heterocycles. The van der Waals surface area contributed by atoms with Crippen LogP contribution in [0.15, 0.2) is 11.3 Å². The number of rotatable bonds is 0. The Hall–Kier alpha value is -1.45. The van der Waals surface area contributed by atoms with Gasteiger partial charge in [0.25, 0.3) is 0 Å². The highest BCUT2D eigenvalue weighted by Gasteiger charge is 2.18. The zero-order chi connectivity index (χ0) is 7.84. The summed E-state index contributed by atoms with van der Waals surface area (Å²) in [5.41, 5.74) is 0.495. The second kappa shape index (κ2) is 2.02. The molecule has 4 nitrogen and oxygen atoms in total. The molecule has 0 amide bonds. The van der Waals surface area contributed by atoms with Crippen molar-refractivity contribution in [3.05, 3.63) is 12.0 Å². The fourth-order valence-corrected chi connectivity index (χ4v) is 1.08. The van der Waals surface area contributed by atoms with Gasteiger partial charge < -0.3 is 4.57 Å². The maximum atomic E-state index is 11.1. The summed E-state index contributed by atoms with van der Waals surface area (Å²) in [4.78, 5) is 19.1. The lowest BCUT2D eigenvalue weighted by atomic mass is 10.2. The van der Waals surface area contributed by atoms with E-state index in [4.69, 9.17) is 0 Å². The van der Waals surface area contributed by atoms with Gasteiger partial charge in [0, 0.05) is 19.7 Å². The first-order valence-electron chi connectivity index (χ1n) is 3.36. The molecule has 4 heteroatoms. The average molecular weight is 149 g/mol. The maximum absolute atomic E-state index is 11.1. The molecule has 2 heterocycles. The van der Waals surface area contributed by atoms with E-state index in [-0.39, 0.29) is 5.78 Å². The Kier molecular flexibility index (Phi) is 1.15. The Bertz CT molecular complexity index is 337. The second-order valence-electron chi connectivity index (χ2n) is 2.47. The van der Waals surface area contributed by atoms with E-state index in [9.17, 15) is 4.79 Å². The summed E-state index contributed by atoms with van der Waals surface area (Å²) in [6.45, 7) is 0. The summed E-state index contributed by atoms with van der Waals surface area (Å²) < 4.78 is 1.74. The summed E-state index contributed by atoms with van der Waals surface area (Å²) in [6, 6.07) is 0.